The van der Waals surface area contributed by atoms with E-state index in [1.165, 1.54) is 18.2 Å². The van der Waals surface area contributed by atoms with E-state index in [0.717, 1.165) is 6.26 Å². The third-order valence-electron chi connectivity index (χ3n) is 1.85. The standard InChI is InChI=1S/C11H10O3S/c1-3-5-11(12)9-6-4-7-10(8-9)15(2,13)14/h1,4,6-8H,5H2,2H3. The van der Waals surface area contributed by atoms with Crippen LogP contribution in [0.2, 0.25) is 0 Å². The van der Waals surface area contributed by atoms with Crippen LogP contribution in [0.1, 0.15) is 16.8 Å². The van der Waals surface area contributed by atoms with Crippen LogP contribution in [0.25, 0.3) is 0 Å². The van der Waals surface area contributed by atoms with Crippen LogP contribution in [0.4, 0.5) is 0 Å². The zero-order valence-electron chi connectivity index (χ0n) is 8.23. The Morgan fingerprint density at radius 3 is 2.67 bits per heavy atom. The van der Waals surface area contributed by atoms with Crippen LogP contribution in [0.15, 0.2) is 29.2 Å². The fourth-order valence-corrected chi connectivity index (χ4v) is 1.76. The topological polar surface area (TPSA) is 51.2 Å². The molecule has 0 fully saturated rings. The predicted molar refractivity (Wildman–Crippen MR) is 57.3 cm³/mol. The minimum absolute atomic E-state index is 0.0206. The van der Waals surface area contributed by atoms with Crippen molar-refractivity contribution in [2.75, 3.05) is 6.26 Å². The molecule has 3 nitrogen and oxygen atoms in total. The molecule has 0 aromatic heterocycles. The molecule has 1 aromatic rings. The van der Waals surface area contributed by atoms with Crippen LogP contribution >= 0.6 is 0 Å². The molecule has 15 heavy (non-hydrogen) atoms. The summed E-state index contributed by atoms with van der Waals surface area (Å²) in [6.07, 6.45) is 6.08. The maximum atomic E-state index is 11.4. The van der Waals surface area contributed by atoms with Gasteiger partial charge in [0, 0.05) is 11.8 Å². The van der Waals surface area contributed by atoms with Crippen molar-refractivity contribution in [1.29, 1.82) is 0 Å². The third-order valence-corrected chi connectivity index (χ3v) is 2.96. The Morgan fingerprint density at radius 2 is 2.13 bits per heavy atom. The van der Waals surface area contributed by atoms with Gasteiger partial charge in [-0.3, -0.25) is 4.79 Å². The van der Waals surface area contributed by atoms with Crippen molar-refractivity contribution in [1.82, 2.24) is 0 Å². The van der Waals surface area contributed by atoms with Crippen LogP contribution in [0.3, 0.4) is 0 Å². The number of sulfone groups is 1. The molecule has 0 saturated heterocycles. The molecule has 0 amide bonds. The molecule has 0 unspecified atom stereocenters. The monoisotopic (exact) mass is 222 g/mol. The Labute approximate surface area is 89.0 Å². The first kappa shape index (κ1) is 11.5. The number of Topliss-reactive ketones (excluding diaryl/α,β-unsaturated/α-hetero) is 1. The average molecular weight is 222 g/mol. The molecular weight excluding hydrogens is 212 g/mol. The van der Waals surface area contributed by atoms with E-state index in [0.29, 0.717) is 5.56 Å². The second kappa shape index (κ2) is 4.28. The van der Waals surface area contributed by atoms with Gasteiger partial charge in [-0.2, -0.15) is 0 Å². The molecule has 0 atom stereocenters. The number of carbonyl (C=O) groups excluding carboxylic acids is 1. The summed E-state index contributed by atoms with van der Waals surface area (Å²) in [6.45, 7) is 0. The van der Waals surface area contributed by atoms with E-state index in [-0.39, 0.29) is 17.1 Å². The Hall–Kier alpha value is -1.60. The average Bonchev–Trinajstić information content (AvgIpc) is 2.17. The van der Waals surface area contributed by atoms with Gasteiger partial charge in [0.05, 0.1) is 11.3 Å². The summed E-state index contributed by atoms with van der Waals surface area (Å²) < 4.78 is 22.4. The Kier molecular flexibility index (Phi) is 3.28. The van der Waals surface area contributed by atoms with E-state index < -0.39 is 9.84 Å². The zero-order chi connectivity index (χ0) is 11.5. The highest BCUT2D eigenvalue weighted by atomic mass is 32.2. The van der Waals surface area contributed by atoms with Crippen LogP contribution in [-0.4, -0.2) is 20.5 Å². The first-order valence-electron chi connectivity index (χ1n) is 4.22. The lowest BCUT2D eigenvalue weighted by atomic mass is 10.1. The lowest BCUT2D eigenvalue weighted by Gasteiger charge is -2.00. The first-order chi connectivity index (χ1) is 6.95. The molecule has 0 aliphatic rings. The van der Waals surface area contributed by atoms with E-state index in [2.05, 4.69) is 5.92 Å². The molecule has 0 heterocycles. The molecule has 0 N–H and O–H groups in total. The van der Waals surface area contributed by atoms with Gasteiger partial charge in [0.2, 0.25) is 0 Å². The summed E-state index contributed by atoms with van der Waals surface area (Å²) in [4.78, 5) is 11.5. The number of carbonyl (C=O) groups is 1. The molecule has 78 valence electrons. The second-order valence-corrected chi connectivity index (χ2v) is 5.12. The molecule has 4 heteroatoms. The predicted octanol–water partition coefficient (Wildman–Crippen LogP) is 1.30. The van der Waals surface area contributed by atoms with Gasteiger partial charge in [0.1, 0.15) is 0 Å². The highest BCUT2D eigenvalue weighted by Crippen LogP contribution is 2.12. The van der Waals surface area contributed by atoms with E-state index >= 15 is 0 Å². The van der Waals surface area contributed by atoms with Gasteiger partial charge in [0.15, 0.2) is 15.6 Å². The first-order valence-corrected chi connectivity index (χ1v) is 6.11. The highest BCUT2D eigenvalue weighted by Gasteiger charge is 2.10. The van der Waals surface area contributed by atoms with Crippen molar-refractivity contribution >= 4 is 15.6 Å². The van der Waals surface area contributed by atoms with E-state index in [9.17, 15) is 13.2 Å². The highest BCUT2D eigenvalue weighted by molar-refractivity contribution is 7.90. The van der Waals surface area contributed by atoms with Crippen molar-refractivity contribution in [3.63, 3.8) is 0 Å². The number of terminal acetylenes is 1. The Balaban J connectivity index is 3.15. The lowest BCUT2D eigenvalue weighted by Crippen LogP contribution is -2.02. The largest absolute Gasteiger partial charge is 0.293 e. The van der Waals surface area contributed by atoms with E-state index in [1.807, 2.05) is 0 Å². The van der Waals surface area contributed by atoms with Crippen molar-refractivity contribution in [3.05, 3.63) is 29.8 Å². The smallest absolute Gasteiger partial charge is 0.175 e. The fourth-order valence-electron chi connectivity index (χ4n) is 1.09. The van der Waals surface area contributed by atoms with Crippen LogP contribution in [0, 0.1) is 12.3 Å². The number of rotatable bonds is 3. The molecule has 0 spiro atoms. The SMILES string of the molecule is C#CCC(=O)c1cccc(S(C)(=O)=O)c1. The van der Waals surface area contributed by atoms with E-state index in [4.69, 9.17) is 6.42 Å². The number of hydrogen-bond donors (Lipinski definition) is 0. The number of hydrogen-bond acceptors (Lipinski definition) is 3. The second-order valence-electron chi connectivity index (χ2n) is 3.10. The third kappa shape index (κ3) is 2.93. The van der Waals surface area contributed by atoms with Gasteiger partial charge in [-0.25, -0.2) is 8.42 Å². The summed E-state index contributed by atoms with van der Waals surface area (Å²) in [5.41, 5.74) is 0.330. The van der Waals surface area contributed by atoms with Gasteiger partial charge in [-0.15, -0.1) is 6.42 Å². The molecule has 0 bridgehead atoms. The van der Waals surface area contributed by atoms with Crippen LogP contribution < -0.4 is 0 Å². The normalized spacial score (nSPS) is 10.7. The maximum Gasteiger partial charge on any atom is 0.175 e. The fraction of sp³-hybridized carbons (Fsp3) is 0.182. The van der Waals surface area contributed by atoms with E-state index in [1.54, 1.807) is 6.07 Å². The maximum absolute atomic E-state index is 11.4. The van der Waals surface area contributed by atoms with Crippen LogP contribution in [0.5, 0.6) is 0 Å². The quantitative estimate of drug-likeness (QED) is 0.572. The lowest BCUT2D eigenvalue weighted by molar-refractivity contribution is 0.0998. The minimum atomic E-state index is -3.28. The van der Waals surface area contributed by atoms with Gasteiger partial charge in [0.25, 0.3) is 0 Å². The zero-order valence-corrected chi connectivity index (χ0v) is 9.04. The molecule has 0 saturated carbocycles. The van der Waals surface area contributed by atoms with Crippen molar-refractivity contribution < 1.29 is 13.2 Å². The summed E-state index contributed by atoms with van der Waals surface area (Å²) in [5.74, 6) is 1.98. The van der Waals surface area contributed by atoms with Crippen molar-refractivity contribution in [3.8, 4) is 12.3 Å². The summed E-state index contributed by atoms with van der Waals surface area (Å²) in [6, 6.07) is 5.87. The molecular formula is C11H10O3S. The van der Waals surface area contributed by atoms with Gasteiger partial charge in [-0.1, -0.05) is 18.1 Å². The molecule has 0 aliphatic carbocycles. The molecule has 0 radical (unpaired) electrons. The summed E-state index contributed by atoms with van der Waals surface area (Å²) in [7, 11) is -3.28. The minimum Gasteiger partial charge on any atom is -0.293 e. The molecule has 1 rings (SSSR count). The Bertz CT molecular complexity index is 521. The van der Waals surface area contributed by atoms with Gasteiger partial charge in [-0.05, 0) is 12.1 Å². The van der Waals surface area contributed by atoms with Gasteiger partial charge < -0.3 is 0 Å². The van der Waals surface area contributed by atoms with Gasteiger partial charge >= 0.3 is 0 Å². The molecule has 0 aliphatic heterocycles. The molecule has 1 aromatic carbocycles. The summed E-state index contributed by atoms with van der Waals surface area (Å²) in [5, 5.41) is 0. The van der Waals surface area contributed by atoms with Crippen molar-refractivity contribution in [2.45, 2.75) is 11.3 Å². The Morgan fingerprint density at radius 1 is 1.47 bits per heavy atom. The summed E-state index contributed by atoms with van der Waals surface area (Å²) >= 11 is 0. The number of ketones is 1. The van der Waals surface area contributed by atoms with Crippen LogP contribution in [-0.2, 0) is 9.84 Å². The number of benzene rings is 1. The van der Waals surface area contributed by atoms with Crippen molar-refractivity contribution in [2.24, 2.45) is 0 Å².